The number of morpholine rings is 1. The molecule has 24 heavy (non-hydrogen) atoms. The van der Waals surface area contributed by atoms with Gasteiger partial charge < -0.3 is 14.2 Å². The number of ether oxygens (including phenoxy) is 1. The van der Waals surface area contributed by atoms with E-state index in [-0.39, 0.29) is 0 Å². The lowest BCUT2D eigenvalue weighted by Crippen LogP contribution is -2.37. The Hall–Kier alpha value is -2.47. The van der Waals surface area contributed by atoms with E-state index in [0.717, 1.165) is 61.9 Å². The second kappa shape index (κ2) is 5.56. The number of nitrogens with zero attached hydrogens (tertiary/aromatic N) is 5. The Labute approximate surface area is 140 Å². The van der Waals surface area contributed by atoms with Gasteiger partial charge in [-0.2, -0.15) is 0 Å². The predicted octanol–water partition coefficient (Wildman–Crippen LogP) is 2.28. The summed E-state index contributed by atoms with van der Waals surface area (Å²) in [5.74, 6) is 1.99. The maximum absolute atomic E-state index is 5.38. The van der Waals surface area contributed by atoms with Crippen LogP contribution in [0.3, 0.4) is 0 Å². The number of hydrogen-bond donors (Lipinski definition) is 0. The van der Waals surface area contributed by atoms with Gasteiger partial charge in [0.05, 0.1) is 24.2 Å². The minimum absolute atomic E-state index is 0.744. The van der Waals surface area contributed by atoms with Crippen molar-refractivity contribution in [1.82, 2.24) is 19.5 Å². The highest BCUT2D eigenvalue weighted by molar-refractivity contribution is 5.82. The molecular weight excluding hydrogens is 302 g/mol. The standard InChI is InChI=1S/C18H19N5O/c1-2-17-21-15-4-3-13(10-16(15)23(17)5-1)14-11-19-18(20-12-14)22-6-8-24-9-7-22/h3-4,10-12H,1-2,5-9H2. The zero-order chi connectivity index (χ0) is 15.9. The van der Waals surface area contributed by atoms with E-state index in [4.69, 9.17) is 9.72 Å². The summed E-state index contributed by atoms with van der Waals surface area (Å²) >= 11 is 0. The summed E-state index contributed by atoms with van der Waals surface area (Å²) in [4.78, 5) is 16.0. The summed E-state index contributed by atoms with van der Waals surface area (Å²) in [5, 5.41) is 0. The van der Waals surface area contributed by atoms with Crippen molar-refractivity contribution in [2.24, 2.45) is 0 Å². The topological polar surface area (TPSA) is 56.1 Å². The Morgan fingerprint density at radius 1 is 0.958 bits per heavy atom. The zero-order valence-corrected chi connectivity index (χ0v) is 13.5. The minimum Gasteiger partial charge on any atom is -0.378 e. The van der Waals surface area contributed by atoms with Crippen LogP contribution in [0.1, 0.15) is 12.2 Å². The van der Waals surface area contributed by atoms with Gasteiger partial charge in [0.15, 0.2) is 0 Å². The summed E-state index contributed by atoms with van der Waals surface area (Å²) in [6, 6.07) is 6.42. The predicted molar refractivity (Wildman–Crippen MR) is 92.1 cm³/mol. The van der Waals surface area contributed by atoms with Crippen molar-refractivity contribution >= 4 is 17.0 Å². The number of rotatable bonds is 2. The third kappa shape index (κ3) is 2.26. The fourth-order valence-corrected chi connectivity index (χ4v) is 3.58. The molecule has 0 N–H and O–H groups in total. The van der Waals surface area contributed by atoms with Gasteiger partial charge in [0.1, 0.15) is 5.82 Å². The van der Waals surface area contributed by atoms with Crippen molar-refractivity contribution < 1.29 is 4.74 Å². The largest absolute Gasteiger partial charge is 0.378 e. The molecule has 5 rings (SSSR count). The van der Waals surface area contributed by atoms with E-state index in [2.05, 4.69) is 37.6 Å². The second-order valence-corrected chi connectivity index (χ2v) is 6.36. The van der Waals surface area contributed by atoms with E-state index in [1.165, 1.54) is 17.8 Å². The molecule has 6 heteroatoms. The van der Waals surface area contributed by atoms with E-state index in [1.807, 2.05) is 12.4 Å². The highest BCUT2D eigenvalue weighted by Crippen LogP contribution is 2.27. The molecule has 1 saturated heterocycles. The zero-order valence-electron chi connectivity index (χ0n) is 13.5. The van der Waals surface area contributed by atoms with Crippen LogP contribution in [-0.2, 0) is 17.7 Å². The molecule has 122 valence electrons. The third-order valence-corrected chi connectivity index (χ3v) is 4.87. The summed E-state index contributed by atoms with van der Waals surface area (Å²) in [5.41, 5.74) is 4.49. The summed E-state index contributed by atoms with van der Waals surface area (Å²) < 4.78 is 7.71. The first-order valence-electron chi connectivity index (χ1n) is 8.53. The van der Waals surface area contributed by atoms with E-state index in [1.54, 1.807) is 0 Å². The maximum atomic E-state index is 5.38. The van der Waals surface area contributed by atoms with Crippen LogP contribution >= 0.6 is 0 Å². The lowest BCUT2D eigenvalue weighted by molar-refractivity contribution is 0.122. The molecule has 2 aliphatic heterocycles. The van der Waals surface area contributed by atoms with Gasteiger partial charge in [-0.3, -0.25) is 0 Å². The lowest BCUT2D eigenvalue weighted by atomic mass is 10.1. The smallest absolute Gasteiger partial charge is 0.225 e. The van der Waals surface area contributed by atoms with Gasteiger partial charge in [0, 0.05) is 44.0 Å². The third-order valence-electron chi connectivity index (χ3n) is 4.87. The van der Waals surface area contributed by atoms with Crippen molar-refractivity contribution in [2.75, 3.05) is 31.2 Å². The number of imidazole rings is 1. The van der Waals surface area contributed by atoms with Gasteiger partial charge in [0.2, 0.25) is 5.95 Å². The molecule has 0 radical (unpaired) electrons. The van der Waals surface area contributed by atoms with Crippen molar-refractivity contribution in [3.63, 3.8) is 0 Å². The highest BCUT2D eigenvalue weighted by Gasteiger charge is 2.17. The first-order valence-corrected chi connectivity index (χ1v) is 8.53. The van der Waals surface area contributed by atoms with Gasteiger partial charge >= 0.3 is 0 Å². The molecule has 1 aromatic carbocycles. The summed E-state index contributed by atoms with van der Waals surface area (Å²) in [6.07, 6.45) is 6.11. The van der Waals surface area contributed by atoms with Crippen molar-refractivity contribution in [3.05, 3.63) is 36.4 Å². The van der Waals surface area contributed by atoms with Gasteiger partial charge in [-0.05, 0) is 24.1 Å². The average molecular weight is 321 g/mol. The number of benzene rings is 1. The summed E-state index contributed by atoms with van der Waals surface area (Å²) in [6.45, 7) is 4.27. The molecule has 2 aromatic heterocycles. The molecule has 1 fully saturated rings. The molecule has 0 aliphatic carbocycles. The average Bonchev–Trinajstić information content (AvgIpc) is 3.23. The van der Waals surface area contributed by atoms with Crippen LogP contribution in [-0.4, -0.2) is 45.8 Å². The first kappa shape index (κ1) is 13.9. The van der Waals surface area contributed by atoms with Crippen molar-refractivity contribution in [2.45, 2.75) is 19.4 Å². The SMILES string of the molecule is c1cc2nc3n(c2cc1-c1cnc(N2CCOCC2)nc1)CCC3. The van der Waals surface area contributed by atoms with Crippen LogP contribution in [0.2, 0.25) is 0 Å². The normalized spacial score (nSPS) is 17.4. The van der Waals surface area contributed by atoms with Crippen LogP contribution in [0.15, 0.2) is 30.6 Å². The van der Waals surface area contributed by atoms with Crippen LogP contribution in [0.4, 0.5) is 5.95 Å². The van der Waals surface area contributed by atoms with E-state index in [9.17, 15) is 0 Å². The van der Waals surface area contributed by atoms with Gasteiger partial charge in [-0.1, -0.05) is 6.07 Å². The number of aryl methyl sites for hydroxylation is 2. The molecule has 4 heterocycles. The first-order chi connectivity index (χ1) is 11.9. The molecule has 0 bridgehead atoms. The number of anilines is 1. The molecule has 0 unspecified atom stereocenters. The number of fused-ring (bicyclic) bond motifs is 3. The van der Waals surface area contributed by atoms with Crippen LogP contribution < -0.4 is 4.90 Å². The second-order valence-electron chi connectivity index (χ2n) is 6.36. The molecule has 2 aliphatic rings. The van der Waals surface area contributed by atoms with E-state index in [0.29, 0.717) is 0 Å². The van der Waals surface area contributed by atoms with Crippen LogP contribution in [0, 0.1) is 0 Å². The molecule has 3 aromatic rings. The van der Waals surface area contributed by atoms with E-state index >= 15 is 0 Å². The molecule has 0 amide bonds. The fraction of sp³-hybridized carbons (Fsp3) is 0.389. The lowest BCUT2D eigenvalue weighted by Gasteiger charge is -2.26. The molecule has 0 spiro atoms. The monoisotopic (exact) mass is 321 g/mol. The van der Waals surface area contributed by atoms with Crippen molar-refractivity contribution in [1.29, 1.82) is 0 Å². The minimum atomic E-state index is 0.744. The fourth-order valence-electron chi connectivity index (χ4n) is 3.58. The Balaban J connectivity index is 1.48. The van der Waals surface area contributed by atoms with Gasteiger partial charge in [0.25, 0.3) is 0 Å². The van der Waals surface area contributed by atoms with Crippen LogP contribution in [0.25, 0.3) is 22.2 Å². The van der Waals surface area contributed by atoms with Crippen LogP contribution in [0.5, 0.6) is 0 Å². The van der Waals surface area contributed by atoms with Gasteiger partial charge in [-0.25, -0.2) is 15.0 Å². The van der Waals surface area contributed by atoms with Crippen molar-refractivity contribution in [3.8, 4) is 11.1 Å². The van der Waals surface area contributed by atoms with Gasteiger partial charge in [-0.15, -0.1) is 0 Å². The number of aromatic nitrogens is 4. The Bertz CT molecular complexity index is 880. The quantitative estimate of drug-likeness (QED) is 0.725. The Morgan fingerprint density at radius 2 is 1.79 bits per heavy atom. The molecule has 0 atom stereocenters. The maximum Gasteiger partial charge on any atom is 0.225 e. The highest BCUT2D eigenvalue weighted by atomic mass is 16.5. The molecule has 0 saturated carbocycles. The molecular formula is C18H19N5O. The Kier molecular flexibility index (Phi) is 3.23. The summed E-state index contributed by atoms with van der Waals surface area (Å²) in [7, 11) is 0. The number of hydrogen-bond acceptors (Lipinski definition) is 5. The molecule has 6 nitrogen and oxygen atoms in total. The Morgan fingerprint density at radius 3 is 2.62 bits per heavy atom. The van der Waals surface area contributed by atoms with E-state index < -0.39 is 0 Å².